The van der Waals surface area contributed by atoms with Gasteiger partial charge in [0.15, 0.2) is 5.58 Å². The Bertz CT molecular complexity index is 1280. The van der Waals surface area contributed by atoms with Crippen molar-refractivity contribution in [1.29, 1.82) is 0 Å². The molecule has 0 aliphatic carbocycles. The number of amides is 2. The number of hydrogen-bond donors (Lipinski definition) is 1. The van der Waals surface area contributed by atoms with E-state index in [1.807, 2.05) is 36.4 Å². The molecule has 1 saturated heterocycles. The van der Waals surface area contributed by atoms with Gasteiger partial charge in [0, 0.05) is 18.3 Å². The molecule has 0 bridgehead atoms. The predicted molar refractivity (Wildman–Crippen MR) is 125 cm³/mol. The lowest BCUT2D eigenvalue weighted by Gasteiger charge is -2.22. The molecule has 5 rings (SSSR count). The van der Waals surface area contributed by atoms with E-state index in [9.17, 15) is 4.79 Å². The fourth-order valence-electron chi connectivity index (χ4n) is 4.25. The van der Waals surface area contributed by atoms with Crippen LogP contribution in [0.2, 0.25) is 0 Å². The van der Waals surface area contributed by atoms with Crippen molar-refractivity contribution in [2.75, 3.05) is 19.0 Å². The number of likely N-dealkylation sites (tertiary alicyclic amines) is 1. The summed E-state index contributed by atoms with van der Waals surface area (Å²) in [5.74, 6) is 1.28. The normalized spacial score (nSPS) is 15.8. The number of aryl methyl sites for hydroxylation is 1. The van der Waals surface area contributed by atoms with E-state index in [0.717, 1.165) is 35.1 Å². The van der Waals surface area contributed by atoms with E-state index in [0.29, 0.717) is 23.9 Å². The van der Waals surface area contributed by atoms with Crippen LogP contribution in [0.5, 0.6) is 5.75 Å². The van der Waals surface area contributed by atoms with Crippen LogP contribution in [0.15, 0.2) is 71.1 Å². The van der Waals surface area contributed by atoms with Crippen molar-refractivity contribution < 1.29 is 13.9 Å². The number of carbonyl (C=O) groups excluding carboxylic acids is 1. The van der Waals surface area contributed by atoms with Crippen LogP contribution >= 0.6 is 0 Å². The summed E-state index contributed by atoms with van der Waals surface area (Å²) in [7, 11) is 1.61. The van der Waals surface area contributed by atoms with E-state index in [2.05, 4.69) is 36.5 Å². The second-order valence-corrected chi connectivity index (χ2v) is 8.12. The van der Waals surface area contributed by atoms with E-state index < -0.39 is 0 Å². The second-order valence-electron chi connectivity index (χ2n) is 8.12. The zero-order chi connectivity index (χ0) is 22.1. The zero-order valence-electron chi connectivity index (χ0n) is 18.2. The Morgan fingerprint density at radius 2 is 1.94 bits per heavy atom. The minimum absolute atomic E-state index is 0.163. The van der Waals surface area contributed by atoms with Gasteiger partial charge >= 0.3 is 6.03 Å². The number of methoxy groups -OCH3 is 1. The predicted octanol–water partition coefficient (Wildman–Crippen LogP) is 6.18. The van der Waals surface area contributed by atoms with Gasteiger partial charge in [0.2, 0.25) is 5.89 Å². The Balaban J connectivity index is 1.39. The van der Waals surface area contributed by atoms with Crippen LogP contribution in [0.25, 0.3) is 22.2 Å². The minimum Gasteiger partial charge on any atom is -0.497 e. The highest BCUT2D eigenvalue weighted by atomic mass is 16.5. The van der Waals surface area contributed by atoms with Crippen LogP contribution in [-0.4, -0.2) is 29.6 Å². The first-order valence-corrected chi connectivity index (χ1v) is 10.8. The molecule has 6 heteroatoms. The van der Waals surface area contributed by atoms with Crippen LogP contribution in [0.3, 0.4) is 0 Å². The maximum absolute atomic E-state index is 13.0. The van der Waals surface area contributed by atoms with Gasteiger partial charge in [-0.25, -0.2) is 9.78 Å². The molecule has 0 radical (unpaired) electrons. The third-order valence-electron chi connectivity index (χ3n) is 5.88. The van der Waals surface area contributed by atoms with Crippen molar-refractivity contribution in [1.82, 2.24) is 9.88 Å². The molecule has 1 aromatic heterocycles. The van der Waals surface area contributed by atoms with Crippen LogP contribution in [0, 0.1) is 6.92 Å². The summed E-state index contributed by atoms with van der Waals surface area (Å²) < 4.78 is 11.3. The maximum atomic E-state index is 13.0. The molecule has 6 nitrogen and oxygen atoms in total. The largest absolute Gasteiger partial charge is 0.497 e. The lowest BCUT2D eigenvalue weighted by Crippen LogP contribution is -2.34. The molecule has 0 spiro atoms. The second kappa shape index (κ2) is 8.38. The molecule has 2 amide bonds. The highest BCUT2D eigenvalue weighted by Crippen LogP contribution is 2.35. The first-order valence-electron chi connectivity index (χ1n) is 10.8. The smallest absolute Gasteiger partial charge is 0.322 e. The summed E-state index contributed by atoms with van der Waals surface area (Å²) >= 11 is 0. The van der Waals surface area contributed by atoms with Gasteiger partial charge in [-0.2, -0.15) is 0 Å². The molecule has 1 atom stereocenters. The molecule has 3 aromatic carbocycles. The number of nitrogens with one attached hydrogen (secondary N) is 1. The Kier molecular flexibility index (Phi) is 5.27. The van der Waals surface area contributed by atoms with E-state index in [4.69, 9.17) is 14.1 Å². The molecule has 4 aromatic rings. The van der Waals surface area contributed by atoms with Crippen molar-refractivity contribution in [2.24, 2.45) is 0 Å². The van der Waals surface area contributed by atoms with Gasteiger partial charge in [-0.05, 0) is 55.2 Å². The SMILES string of the molecule is COc1cccc(NC(=O)N2CCCC2c2nc3cc(-c4cccc(C)c4)ccc3o2)c1. The number of benzene rings is 3. The van der Waals surface area contributed by atoms with E-state index in [-0.39, 0.29) is 12.1 Å². The molecule has 1 aliphatic rings. The number of ether oxygens (including phenoxy) is 1. The number of urea groups is 1. The van der Waals surface area contributed by atoms with Crippen molar-refractivity contribution in [2.45, 2.75) is 25.8 Å². The number of fused-ring (bicyclic) bond motifs is 1. The summed E-state index contributed by atoms with van der Waals surface area (Å²) in [4.78, 5) is 19.5. The van der Waals surface area contributed by atoms with Crippen molar-refractivity contribution >= 4 is 22.8 Å². The molecular formula is C26H25N3O3. The number of hydrogen-bond acceptors (Lipinski definition) is 4. The van der Waals surface area contributed by atoms with Gasteiger partial charge in [-0.15, -0.1) is 0 Å². The lowest BCUT2D eigenvalue weighted by atomic mass is 10.0. The molecule has 1 unspecified atom stereocenters. The molecular weight excluding hydrogens is 402 g/mol. The Hall–Kier alpha value is -3.80. The third-order valence-corrected chi connectivity index (χ3v) is 5.88. The van der Waals surface area contributed by atoms with E-state index >= 15 is 0 Å². The quantitative estimate of drug-likeness (QED) is 0.422. The summed E-state index contributed by atoms with van der Waals surface area (Å²) in [5, 5.41) is 2.97. The number of carbonyl (C=O) groups is 1. The summed E-state index contributed by atoms with van der Waals surface area (Å²) in [6, 6.07) is 21.4. The van der Waals surface area contributed by atoms with Gasteiger partial charge in [0.05, 0.1) is 7.11 Å². The van der Waals surface area contributed by atoms with E-state index in [1.165, 1.54) is 5.56 Å². The van der Waals surface area contributed by atoms with Gasteiger partial charge < -0.3 is 19.4 Å². The zero-order valence-corrected chi connectivity index (χ0v) is 18.2. The minimum atomic E-state index is -0.185. The fourth-order valence-corrected chi connectivity index (χ4v) is 4.25. The molecule has 1 aliphatic heterocycles. The Morgan fingerprint density at radius 1 is 1.09 bits per heavy atom. The highest BCUT2D eigenvalue weighted by molar-refractivity contribution is 5.90. The third kappa shape index (κ3) is 3.91. The standard InChI is InChI=1S/C26H25N3O3/c1-17-6-3-7-18(14-17)19-11-12-24-22(15-19)28-25(32-24)23-10-5-13-29(23)26(30)27-20-8-4-9-21(16-20)31-2/h3-4,6-9,11-12,14-16,23H,5,10,13H2,1-2H3,(H,27,30). The van der Waals surface area contributed by atoms with Crippen LogP contribution < -0.4 is 10.1 Å². The summed E-state index contributed by atoms with van der Waals surface area (Å²) in [5.41, 5.74) is 5.69. The monoisotopic (exact) mass is 427 g/mol. The number of rotatable bonds is 4. The highest BCUT2D eigenvalue weighted by Gasteiger charge is 2.33. The average molecular weight is 428 g/mol. The summed E-state index contributed by atoms with van der Waals surface area (Å²) in [6.45, 7) is 2.75. The van der Waals surface area contributed by atoms with Crippen LogP contribution in [0.1, 0.15) is 30.3 Å². The van der Waals surface area contributed by atoms with Crippen LogP contribution in [0.4, 0.5) is 10.5 Å². The number of nitrogens with zero attached hydrogens (tertiary/aromatic N) is 2. The van der Waals surface area contributed by atoms with Crippen LogP contribution in [-0.2, 0) is 0 Å². The summed E-state index contributed by atoms with van der Waals surface area (Å²) in [6.07, 6.45) is 1.73. The molecule has 162 valence electrons. The van der Waals surface area contributed by atoms with Gasteiger partial charge in [-0.1, -0.05) is 42.0 Å². The average Bonchev–Trinajstić information content (AvgIpc) is 3.45. The Labute approximate surface area is 186 Å². The number of oxazole rings is 1. The molecule has 32 heavy (non-hydrogen) atoms. The van der Waals surface area contributed by atoms with Gasteiger partial charge in [-0.3, -0.25) is 0 Å². The first kappa shape index (κ1) is 20.1. The molecule has 0 saturated carbocycles. The van der Waals surface area contributed by atoms with Crippen molar-refractivity contribution in [3.05, 3.63) is 78.2 Å². The van der Waals surface area contributed by atoms with E-state index in [1.54, 1.807) is 18.1 Å². The number of anilines is 1. The fraction of sp³-hybridized carbons (Fsp3) is 0.231. The lowest BCUT2D eigenvalue weighted by molar-refractivity contribution is 0.199. The maximum Gasteiger partial charge on any atom is 0.322 e. The topological polar surface area (TPSA) is 67.6 Å². The molecule has 2 heterocycles. The van der Waals surface area contributed by atoms with Gasteiger partial charge in [0.25, 0.3) is 0 Å². The van der Waals surface area contributed by atoms with Gasteiger partial charge in [0.1, 0.15) is 17.3 Å². The van der Waals surface area contributed by atoms with Crippen molar-refractivity contribution in [3.8, 4) is 16.9 Å². The first-order chi connectivity index (χ1) is 15.6. The Morgan fingerprint density at radius 3 is 2.78 bits per heavy atom. The molecule has 1 fully saturated rings. The molecule has 1 N–H and O–H groups in total. The number of aromatic nitrogens is 1. The van der Waals surface area contributed by atoms with Crippen molar-refractivity contribution in [3.63, 3.8) is 0 Å².